The molecule has 0 bridgehead atoms. The first-order valence-corrected chi connectivity index (χ1v) is 9.24. The van der Waals surface area contributed by atoms with Gasteiger partial charge in [0.25, 0.3) is 0 Å². The van der Waals surface area contributed by atoms with Crippen LogP contribution in [0.25, 0.3) is 0 Å². The van der Waals surface area contributed by atoms with E-state index >= 15 is 0 Å². The molecule has 0 heterocycles. The van der Waals surface area contributed by atoms with Gasteiger partial charge in [0.1, 0.15) is 11.5 Å². The van der Waals surface area contributed by atoms with E-state index in [0.717, 1.165) is 49.7 Å². The Morgan fingerprint density at radius 2 is 1.62 bits per heavy atom. The molecule has 0 aliphatic carbocycles. The van der Waals surface area contributed by atoms with Crippen molar-refractivity contribution in [3.63, 3.8) is 0 Å². The highest BCUT2D eigenvalue weighted by Crippen LogP contribution is 2.39. The van der Waals surface area contributed by atoms with Crippen molar-refractivity contribution in [2.75, 3.05) is 6.61 Å². The number of phenols is 2. The van der Waals surface area contributed by atoms with Crippen LogP contribution >= 0.6 is 0 Å². The molecular weight excluding hydrogens is 304 g/mol. The molecule has 0 amide bonds. The van der Waals surface area contributed by atoms with E-state index < -0.39 is 0 Å². The average molecular weight is 338 g/mol. The number of unbranched alkanes of at least 4 members (excludes halogenated alkanes) is 5. The first-order chi connectivity index (χ1) is 11.4. The predicted molar refractivity (Wildman–Crippen MR) is 97.7 cm³/mol. The van der Waals surface area contributed by atoms with Crippen LogP contribution in [0.3, 0.4) is 0 Å². The fourth-order valence-electron chi connectivity index (χ4n) is 3.15. The lowest BCUT2D eigenvalue weighted by atomic mass is 9.79. The van der Waals surface area contributed by atoms with E-state index in [4.69, 9.17) is 5.26 Å². The van der Waals surface area contributed by atoms with Gasteiger partial charge in [-0.3, -0.25) is 5.26 Å². The van der Waals surface area contributed by atoms with Crippen molar-refractivity contribution in [1.29, 1.82) is 0 Å². The van der Waals surface area contributed by atoms with Crippen LogP contribution in [-0.4, -0.2) is 22.1 Å². The van der Waals surface area contributed by atoms with E-state index in [0.29, 0.717) is 6.61 Å². The summed E-state index contributed by atoms with van der Waals surface area (Å²) in [5, 5.41) is 29.1. The Morgan fingerprint density at radius 3 is 2.29 bits per heavy atom. The third kappa shape index (κ3) is 6.70. The van der Waals surface area contributed by atoms with Gasteiger partial charge in [-0.1, -0.05) is 52.9 Å². The van der Waals surface area contributed by atoms with Gasteiger partial charge >= 0.3 is 0 Å². The zero-order chi connectivity index (χ0) is 18.0. The van der Waals surface area contributed by atoms with E-state index in [1.54, 1.807) is 12.1 Å². The van der Waals surface area contributed by atoms with Gasteiger partial charge in [0.2, 0.25) is 0 Å². The van der Waals surface area contributed by atoms with Gasteiger partial charge < -0.3 is 10.2 Å². The van der Waals surface area contributed by atoms with E-state index in [1.165, 1.54) is 19.3 Å². The molecule has 4 nitrogen and oxygen atoms in total. The van der Waals surface area contributed by atoms with Crippen molar-refractivity contribution in [2.45, 2.75) is 84.0 Å². The molecule has 0 fully saturated rings. The molecule has 1 aromatic carbocycles. The lowest BCUT2D eigenvalue weighted by Gasteiger charge is -2.27. The molecule has 0 aromatic heterocycles. The van der Waals surface area contributed by atoms with Crippen LogP contribution < -0.4 is 0 Å². The highest BCUT2D eigenvalue weighted by Gasteiger charge is 2.25. The molecule has 24 heavy (non-hydrogen) atoms. The van der Waals surface area contributed by atoms with Gasteiger partial charge in [0.05, 0.1) is 6.61 Å². The van der Waals surface area contributed by atoms with E-state index in [-0.39, 0.29) is 16.9 Å². The third-order valence-corrected chi connectivity index (χ3v) is 4.76. The summed E-state index contributed by atoms with van der Waals surface area (Å²) < 4.78 is 0. The third-order valence-electron chi connectivity index (χ3n) is 4.76. The lowest BCUT2D eigenvalue weighted by Crippen LogP contribution is -2.17. The maximum Gasteiger partial charge on any atom is 0.119 e. The maximum absolute atomic E-state index is 10.4. The SMILES string of the molecule is CCCCCCCc1cc(O)c(C(C)(C)CCCCOO)cc1O. The molecule has 138 valence electrons. The Hall–Kier alpha value is -1.26. The number of benzene rings is 1. The van der Waals surface area contributed by atoms with Crippen LogP contribution in [0.2, 0.25) is 0 Å². The van der Waals surface area contributed by atoms with Crippen LogP contribution in [0.1, 0.15) is 83.3 Å². The van der Waals surface area contributed by atoms with E-state index in [9.17, 15) is 10.2 Å². The Kier molecular flexibility index (Phi) is 9.16. The van der Waals surface area contributed by atoms with Gasteiger partial charge in [-0.25, -0.2) is 4.89 Å². The quantitative estimate of drug-likeness (QED) is 0.202. The van der Waals surface area contributed by atoms with Gasteiger partial charge in [-0.2, -0.15) is 0 Å². The van der Waals surface area contributed by atoms with Crippen molar-refractivity contribution >= 4 is 0 Å². The molecule has 0 aliphatic heterocycles. The second-order valence-electron chi connectivity index (χ2n) is 7.34. The van der Waals surface area contributed by atoms with Crippen LogP contribution in [0, 0.1) is 0 Å². The van der Waals surface area contributed by atoms with Crippen molar-refractivity contribution in [1.82, 2.24) is 0 Å². The van der Waals surface area contributed by atoms with Gasteiger partial charge in [0.15, 0.2) is 0 Å². The van der Waals surface area contributed by atoms with Gasteiger partial charge in [0, 0.05) is 5.56 Å². The Balaban J connectivity index is 2.68. The fraction of sp³-hybridized carbons (Fsp3) is 0.700. The van der Waals surface area contributed by atoms with Crippen LogP contribution in [0.5, 0.6) is 11.5 Å². The Bertz CT molecular complexity index is 483. The highest BCUT2D eigenvalue weighted by atomic mass is 17.1. The molecule has 0 saturated heterocycles. The van der Waals surface area contributed by atoms with Gasteiger partial charge in [-0.05, 0) is 48.8 Å². The van der Waals surface area contributed by atoms with Crippen LogP contribution in [-0.2, 0) is 16.7 Å². The number of phenolic OH excluding ortho intramolecular Hbond substituents is 2. The standard InChI is InChI=1S/C20H34O4/c1-4-5-6-7-8-11-16-14-19(22)17(15-18(16)21)20(2,3)12-9-10-13-24-23/h14-15,21-23H,4-13H2,1-3H3. The number of rotatable bonds is 12. The lowest BCUT2D eigenvalue weighted by molar-refractivity contribution is -0.242. The minimum absolute atomic E-state index is 0.239. The monoisotopic (exact) mass is 338 g/mol. The van der Waals surface area contributed by atoms with Crippen LogP contribution in [0.4, 0.5) is 0 Å². The highest BCUT2D eigenvalue weighted by molar-refractivity contribution is 5.48. The molecular formula is C20H34O4. The topological polar surface area (TPSA) is 69.9 Å². The summed E-state index contributed by atoms with van der Waals surface area (Å²) in [6, 6.07) is 3.45. The summed E-state index contributed by atoms with van der Waals surface area (Å²) in [6.45, 7) is 6.64. The molecule has 3 N–H and O–H groups in total. The zero-order valence-electron chi connectivity index (χ0n) is 15.5. The molecule has 0 spiro atoms. The van der Waals surface area contributed by atoms with Crippen molar-refractivity contribution < 1.29 is 20.4 Å². The number of aryl methyl sites for hydroxylation is 1. The molecule has 0 saturated carbocycles. The molecule has 0 atom stereocenters. The first kappa shape index (κ1) is 20.8. The Morgan fingerprint density at radius 1 is 0.917 bits per heavy atom. The smallest absolute Gasteiger partial charge is 0.119 e. The fourth-order valence-corrected chi connectivity index (χ4v) is 3.15. The van der Waals surface area contributed by atoms with E-state index in [1.807, 2.05) is 0 Å². The normalized spacial score (nSPS) is 11.8. The minimum atomic E-state index is -0.239. The molecule has 1 rings (SSSR count). The maximum atomic E-state index is 10.4. The molecule has 0 radical (unpaired) electrons. The Labute approximate surface area is 146 Å². The summed E-state index contributed by atoms with van der Waals surface area (Å²) in [5.74, 6) is 0.546. The van der Waals surface area contributed by atoms with Crippen molar-refractivity contribution in [3.8, 4) is 11.5 Å². The summed E-state index contributed by atoms with van der Waals surface area (Å²) in [5.41, 5.74) is 1.37. The largest absolute Gasteiger partial charge is 0.508 e. The predicted octanol–water partition coefficient (Wildman–Crippen LogP) is 5.55. The van der Waals surface area contributed by atoms with Crippen molar-refractivity contribution in [2.24, 2.45) is 0 Å². The summed E-state index contributed by atoms with van der Waals surface area (Å²) in [6.07, 6.45) is 9.20. The first-order valence-electron chi connectivity index (χ1n) is 9.24. The van der Waals surface area contributed by atoms with Gasteiger partial charge in [-0.15, -0.1) is 0 Å². The van der Waals surface area contributed by atoms with Crippen molar-refractivity contribution in [3.05, 3.63) is 23.3 Å². The molecule has 1 aromatic rings. The number of aromatic hydroxyl groups is 2. The average Bonchev–Trinajstić information content (AvgIpc) is 2.54. The molecule has 4 heteroatoms. The number of hydrogen-bond donors (Lipinski definition) is 3. The minimum Gasteiger partial charge on any atom is -0.508 e. The van der Waals surface area contributed by atoms with E-state index in [2.05, 4.69) is 25.7 Å². The van der Waals surface area contributed by atoms with Crippen LogP contribution in [0.15, 0.2) is 12.1 Å². The zero-order valence-corrected chi connectivity index (χ0v) is 15.5. The summed E-state index contributed by atoms with van der Waals surface area (Å²) in [7, 11) is 0. The second-order valence-corrected chi connectivity index (χ2v) is 7.34. The second kappa shape index (κ2) is 10.6. The molecule has 0 aliphatic rings. The molecule has 0 unspecified atom stereocenters. The summed E-state index contributed by atoms with van der Waals surface area (Å²) in [4.78, 5) is 4.09. The summed E-state index contributed by atoms with van der Waals surface area (Å²) >= 11 is 0. The number of hydrogen-bond acceptors (Lipinski definition) is 4.